The average Bonchev–Trinajstić information content (AvgIpc) is 3.53. The van der Waals surface area contributed by atoms with Crippen LogP contribution in [0.5, 0.6) is 11.8 Å². The SMILES string of the molecule is c1cc[n+]2c(c1)Oc1cccc3[n+]1C21c2c(ccc4c5ccccc5n-3c24)-n2c3ccccc3c3ccc[n+]1c32. The Hall–Kier alpha value is -5.49. The minimum atomic E-state index is -0.760. The van der Waals surface area contributed by atoms with E-state index in [2.05, 4.69) is 138 Å². The quantitative estimate of drug-likeness (QED) is 0.255. The molecule has 40 heavy (non-hydrogen) atoms. The van der Waals surface area contributed by atoms with Gasteiger partial charge in [-0.25, -0.2) is 0 Å². The van der Waals surface area contributed by atoms with Crippen molar-refractivity contribution in [2.75, 3.05) is 0 Å². The van der Waals surface area contributed by atoms with Gasteiger partial charge in [0, 0.05) is 34.4 Å². The Kier molecular flexibility index (Phi) is 3.04. The molecule has 0 bridgehead atoms. The van der Waals surface area contributed by atoms with E-state index in [9.17, 15) is 0 Å². The van der Waals surface area contributed by atoms with Crippen LogP contribution in [0.1, 0.15) is 5.56 Å². The molecule has 5 aromatic heterocycles. The second-order valence-corrected chi connectivity index (χ2v) is 10.9. The van der Waals surface area contributed by atoms with Crippen LogP contribution in [0.15, 0.2) is 122 Å². The van der Waals surface area contributed by atoms with E-state index in [-0.39, 0.29) is 0 Å². The summed E-state index contributed by atoms with van der Waals surface area (Å²) >= 11 is 0. The largest absolute Gasteiger partial charge is 0.500 e. The molecule has 8 aromatic rings. The standard InChI is InChI=1S/C34H20N5O/c1-4-13-26-21(9-1)23-17-18-27-31-32(23)38(26)28-14-7-16-30-39(28)34(31,35-19-6-5-15-29(35)40-30)36-20-8-11-24-22-10-2-3-12-25(22)37(27)33(24)36/h1-20H/q+3. The van der Waals surface area contributed by atoms with Crippen molar-refractivity contribution in [3.8, 4) is 23.3 Å². The molecule has 6 nitrogen and oxygen atoms in total. The zero-order chi connectivity index (χ0) is 25.7. The maximum absolute atomic E-state index is 6.65. The molecule has 0 N–H and O–H groups in total. The van der Waals surface area contributed by atoms with Gasteiger partial charge in [-0.05, 0) is 60.7 Å². The summed E-state index contributed by atoms with van der Waals surface area (Å²) in [4.78, 5) is 0. The first kappa shape index (κ1) is 19.6. The summed E-state index contributed by atoms with van der Waals surface area (Å²) in [5.74, 6) is 1.93. The third-order valence-corrected chi connectivity index (χ3v) is 9.18. The topological polar surface area (TPSA) is 30.7 Å². The monoisotopic (exact) mass is 514 g/mol. The van der Waals surface area contributed by atoms with Crippen LogP contribution in [0.4, 0.5) is 0 Å². The summed E-state index contributed by atoms with van der Waals surface area (Å²) in [7, 11) is 0. The molecule has 1 spiro atoms. The van der Waals surface area contributed by atoms with Crippen molar-refractivity contribution >= 4 is 43.7 Å². The minimum absolute atomic E-state index is 0.760. The molecule has 1 unspecified atom stereocenters. The Morgan fingerprint density at radius 3 is 2.17 bits per heavy atom. The number of hydrogen-bond acceptors (Lipinski definition) is 1. The highest BCUT2D eigenvalue weighted by atomic mass is 16.5. The van der Waals surface area contributed by atoms with Gasteiger partial charge in [0.15, 0.2) is 17.4 Å². The van der Waals surface area contributed by atoms with Crippen LogP contribution < -0.4 is 18.4 Å². The fourth-order valence-corrected chi connectivity index (χ4v) is 7.85. The molecule has 1 atom stereocenters. The third kappa shape index (κ3) is 1.84. The molecule has 184 valence electrons. The summed E-state index contributed by atoms with van der Waals surface area (Å²) in [6, 6.07) is 39.2. The van der Waals surface area contributed by atoms with Crippen molar-refractivity contribution < 1.29 is 18.4 Å². The van der Waals surface area contributed by atoms with Gasteiger partial charge in [-0.1, -0.05) is 33.4 Å². The first-order valence-corrected chi connectivity index (χ1v) is 13.6. The number of rotatable bonds is 0. The molecular formula is C34H20N5O+3. The second-order valence-electron chi connectivity index (χ2n) is 10.9. The van der Waals surface area contributed by atoms with E-state index in [1.165, 1.54) is 49.3 Å². The first-order chi connectivity index (χ1) is 19.9. The van der Waals surface area contributed by atoms with Gasteiger partial charge in [0.1, 0.15) is 17.2 Å². The molecule has 11 rings (SSSR count). The number of nitrogens with zero attached hydrogens (tertiary/aromatic N) is 5. The van der Waals surface area contributed by atoms with Crippen LogP contribution in [-0.2, 0) is 5.79 Å². The van der Waals surface area contributed by atoms with Crippen molar-refractivity contribution in [3.63, 3.8) is 0 Å². The fraction of sp³-hybridized carbons (Fsp3) is 0.0294. The number of fused-ring (bicyclic) bond motifs is 9. The van der Waals surface area contributed by atoms with Crippen LogP contribution in [0.2, 0.25) is 0 Å². The van der Waals surface area contributed by atoms with Crippen LogP contribution in [0.3, 0.4) is 0 Å². The maximum atomic E-state index is 6.65. The van der Waals surface area contributed by atoms with Gasteiger partial charge in [-0.15, -0.1) is 4.57 Å². The molecule has 6 heteroatoms. The number of ether oxygens (including phenoxy) is 1. The fourth-order valence-electron chi connectivity index (χ4n) is 7.85. The van der Waals surface area contributed by atoms with E-state index in [0.29, 0.717) is 0 Å². The maximum Gasteiger partial charge on any atom is 0.500 e. The molecule has 0 radical (unpaired) electrons. The number of para-hydroxylation sites is 2. The highest BCUT2D eigenvalue weighted by Crippen LogP contribution is 2.47. The van der Waals surface area contributed by atoms with Gasteiger partial charge >= 0.3 is 23.2 Å². The number of benzene rings is 3. The highest BCUT2D eigenvalue weighted by Gasteiger charge is 2.70. The average molecular weight is 515 g/mol. The molecule has 0 amide bonds. The third-order valence-electron chi connectivity index (χ3n) is 9.18. The Bertz CT molecular complexity index is 2490. The van der Waals surface area contributed by atoms with E-state index in [1.807, 2.05) is 6.07 Å². The number of aromatic nitrogens is 5. The molecule has 3 aliphatic rings. The Balaban J connectivity index is 1.54. The van der Waals surface area contributed by atoms with E-state index in [0.717, 1.165) is 23.2 Å². The summed E-state index contributed by atoms with van der Waals surface area (Å²) in [5, 5.41) is 4.98. The molecule has 8 heterocycles. The molecule has 0 fully saturated rings. The van der Waals surface area contributed by atoms with Crippen molar-refractivity contribution in [2.24, 2.45) is 0 Å². The molecule has 0 aliphatic carbocycles. The highest BCUT2D eigenvalue weighted by molar-refractivity contribution is 6.13. The lowest BCUT2D eigenvalue weighted by atomic mass is 9.95. The van der Waals surface area contributed by atoms with Gasteiger partial charge in [0.2, 0.25) is 5.56 Å². The van der Waals surface area contributed by atoms with Crippen LogP contribution in [-0.4, -0.2) is 9.13 Å². The Morgan fingerprint density at radius 1 is 0.550 bits per heavy atom. The van der Waals surface area contributed by atoms with E-state index in [4.69, 9.17) is 4.74 Å². The molecular weight excluding hydrogens is 494 g/mol. The van der Waals surface area contributed by atoms with Crippen LogP contribution >= 0.6 is 0 Å². The molecule has 0 saturated carbocycles. The predicted octanol–water partition coefficient (Wildman–Crippen LogP) is 5.23. The van der Waals surface area contributed by atoms with Gasteiger partial charge < -0.3 is 4.74 Å². The zero-order valence-electron chi connectivity index (χ0n) is 21.2. The lowest BCUT2D eigenvalue weighted by Gasteiger charge is -2.35. The summed E-state index contributed by atoms with van der Waals surface area (Å²) in [5.41, 5.74) is 7.21. The smallest absolute Gasteiger partial charge is 0.367 e. The lowest BCUT2D eigenvalue weighted by Crippen LogP contribution is -2.90. The van der Waals surface area contributed by atoms with E-state index in [1.54, 1.807) is 0 Å². The summed E-state index contributed by atoms with van der Waals surface area (Å²) in [6.07, 6.45) is 4.40. The van der Waals surface area contributed by atoms with Crippen LogP contribution in [0, 0.1) is 0 Å². The van der Waals surface area contributed by atoms with Crippen molar-refractivity contribution in [1.29, 1.82) is 0 Å². The van der Waals surface area contributed by atoms with Gasteiger partial charge in [0.25, 0.3) is 5.82 Å². The number of hydrogen-bond donors (Lipinski definition) is 0. The predicted molar refractivity (Wildman–Crippen MR) is 150 cm³/mol. The van der Waals surface area contributed by atoms with Gasteiger partial charge in [-0.2, -0.15) is 9.13 Å². The van der Waals surface area contributed by atoms with E-state index < -0.39 is 5.79 Å². The van der Waals surface area contributed by atoms with Crippen molar-refractivity contribution in [1.82, 2.24) is 9.13 Å². The summed E-state index contributed by atoms with van der Waals surface area (Å²) < 4.78 is 18.7. The van der Waals surface area contributed by atoms with Crippen molar-refractivity contribution in [2.45, 2.75) is 5.79 Å². The lowest BCUT2D eigenvalue weighted by molar-refractivity contribution is -1.16. The van der Waals surface area contributed by atoms with Crippen LogP contribution in [0.25, 0.3) is 55.2 Å². The molecule has 3 aromatic carbocycles. The molecule has 3 aliphatic heterocycles. The molecule has 0 saturated heterocycles. The van der Waals surface area contributed by atoms with Gasteiger partial charge in [0.05, 0.1) is 11.5 Å². The minimum Gasteiger partial charge on any atom is -0.367 e. The Morgan fingerprint density at radius 2 is 1.27 bits per heavy atom. The normalized spacial score (nSPS) is 17.3. The first-order valence-electron chi connectivity index (χ1n) is 13.6. The van der Waals surface area contributed by atoms with Gasteiger partial charge in [-0.3, -0.25) is 0 Å². The Labute approximate surface area is 227 Å². The van der Waals surface area contributed by atoms with Crippen molar-refractivity contribution in [3.05, 3.63) is 127 Å². The number of pyridine rings is 3. The second kappa shape index (κ2) is 6.21. The summed E-state index contributed by atoms with van der Waals surface area (Å²) in [6.45, 7) is 0. The zero-order valence-corrected chi connectivity index (χ0v) is 21.2. The van der Waals surface area contributed by atoms with E-state index >= 15 is 0 Å².